The largest absolute Gasteiger partial charge is 0.494 e. The molecule has 2 heterocycles. The summed E-state index contributed by atoms with van der Waals surface area (Å²) in [6, 6.07) is 13.1. The molecule has 8 heteroatoms. The number of aromatic nitrogens is 4. The fourth-order valence-corrected chi connectivity index (χ4v) is 3.37. The Morgan fingerprint density at radius 1 is 0.966 bits per heavy atom. The number of nitrogens with one attached hydrogen (secondary N) is 1. The molecule has 0 atom stereocenters. The van der Waals surface area contributed by atoms with Gasteiger partial charge < -0.3 is 10.1 Å². The molecule has 0 fully saturated rings. The normalized spacial score (nSPS) is 11.1. The molecule has 148 valence electrons. The molecular formula is C21H19Cl2N5O. The minimum absolute atomic E-state index is 0.430. The SMILES string of the molecule is CCOc1ccc(Nc2nc3cc(Cl)c(Cl)cc3nc2-n2nc(C)cc2C)cc1. The fraction of sp³-hybridized carbons (Fsp3) is 0.190. The number of ether oxygens (including phenoxy) is 1. The molecular weight excluding hydrogens is 409 g/mol. The van der Waals surface area contributed by atoms with E-state index in [1.807, 2.05) is 51.1 Å². The van der Waals surface area contributed by atoms with Gasteiger partial charge in [0.1, 0.15) is 5.75 Å². The average Bonchev–Trinajstić information content (AvgIpc) is 3.02. The summed E-state index contributed by atoms with van der Waals surface area (Å²) >= 11 is 12.4. The summed E-state index contributed by atoms with van der Waals surface area (Å²) in [5.74, 6) is 1.95. The van der Waals surface area contributed by atoms with E-state index in [9.17, 15) is 0 Å². The van der Waals surface area contributed by atoms with Crippen molar-refractivity contribution in [2.24, 2.45) is 0 Å². The van der Waals surface area contributed by atoms with E-state index in [2.05, 4.69) is 10.4 Å². The Morgan fingerprint density at radius 3 is 2.21 bits per heavy atom. The Bertz CT molecular complexity index is 1190. The Morgan fingerprint density at radius 2 is 1.62 bits per heavy atom. The highest BCUT2D eigenvalue weighted by molar-refractivity contribution is 6.42. The molecule has 0 saturated heterocycles. The minimum atomic E-state index is 0.430. The van der Waals surface area contributed by atoms with Gasteiger partial charge in [-0.25, -0.2) is 14.6 Å². The van der Waals surface area contributed by atoms with Crippen molar-refractivity contribution in [3.8, 4) is 11.6 Å². The van der Waals surface area contributed by atoms with Gasteiger partial charge in [0, 0.05) is 11.4 Å². The Labute approximate surface area is 178 Å². The van der Waals surface area contributed by atoms with E-state index in [0.29, 0.717) is 39.3 Å². The first kappa shape index (κ1) is 19.5. The van der Waals surface area contributed by atoms with E-state index >= 15 is 0 Å². The molecule has 0 amide bonds. The van der Waals surface area contributed by atoms with Gasteiger partial charge in [0.25, 0.3) is 0 Å². The van der Waals surface area contributed by atoms with Crippen molar-refractivity contribution in [1.29, 1.82) is 0 Å². The van der Waals surface area contributed by atoms with Crippen LogP contribution >= 0.6 is 23.2 Å². The zero-order chi connectivity index (χ0) is 20.5. The van der Waals surface area contributed by atoms with Crippen LogP contribution in [0.25, 0.3) is 16.9 Å². The summed E-state index contributed by atoms with van der Waals surface area (Å²) in [5.41, 5.74) is 3.97. The van der Waals surface area contributed by atoms with Crippen LogP contribution in [0.5, 0.6) is 5.75 Å². The lowest BCUT2D eigenvalue weighted by molar-refractivity contribution is 0.340. The number of aryl methyl sites for hydroxylation is 2. The third kappa shape index (κ3) is 3.99. The van der Waals surface area contributed by atoms with Crippen molar-refractivity contribution in [1.82, 2.24) is 19.7 Å². The van der Waals surface area contributed by atoms with Crippen LogP contribution in [0.1, 0.15) is 18.3 Å². The Balaban J connectivity index is 1.84. The van der Waals surface area contributed by atoms with Crippen molar-refractivity contribution in [2.45, 2.75) is 20.8 Å². The number of nitrogens with zero attached hydrogens (tertiary/aromatic N) is 4. The molecule has 0 aliphatic heterocycles. The molecule has 4 rings (SSSR count). The predicted molar refractivity (Wildman–Crippen MR) is 117 cm³/mol. The van der Waals surface area contributed by atoms with Gasteiger partial charge in [0.05, 0.1) is 33.4 Å². The molecule has 1 N–H and O–H groups in total. The van der Waals surface area contributed by atoms with E-state index in [1.165, 1.54) is 0 Å². The van der Waals surface area contributed by atoms with Crippen LogP contribution in [0.15, 0.2) is 42.5 Å². The van der Waals surface area contributed by atoms with Gasteiger partial charge in [0.2, 0.25) is 0 Å². The highest BCUT2D eigenvalue weighted by atomic mass is 35.5. The number of rotatable bonds is 5. The van der Waals surface area contributed by atoms with E-state index in [-0.39, 0.29) is 0 Å². The lowest BCUT2D eigenvalue weighted by Gasteiger charge is -2.14. The molecule has 0 spiro atoms. The zero-order valence-electron chi connectivity index (χ0n) is 16.2. The number of anilines is 2. The van der Waals surface area contributed by atoms with Crippen LogP contribution in [0.4, 0.5) is 11.5 Å². The van der Waals surface area contributed by atoms with Crippen molar-refractivity contribution in [2.75, 3.05) is 11.9 Å². The first-order valence-corrected chi connectivity index (χ1v) is 9.90. The van der Waals surface area contributed by atoms with Crippen molar-refractivity contribution in [3.63, 3.8) is 0 Å². The summed E-state index contributed by atoms with van der Waals surface area (Å²) < 4.78 is 7.27. The second kappa shape index (κ2) is 7.89. The third-order valence-corrected chi connectivity index (χ3v) is 5.05. The van der Waals surface area contributed by atoms with Crippen molar-refractivity contribution in [3.05, 3.63) is 63.9 Å². The number of hydrogen-bond acceptors (Lipinski definition) is 5. The molecule has 0 radical (unpaired) electrons. The maximum absolute atomic E-state index is 6.18. The lowest BCUT2D eigenvalue weighted by Crippen LogP contribution is -2.08. The molecule has 0 aliphatic rings. The topological polar surface area (TPSA) is 64.9 Å². The highest BCUT2D eigenvalue weighted by Gasteiger charge is 2.16. The molecule has 2 aromatic carbocycles. The van der Waals surface area contributed by atoms with Gasteiger partial charge in [0.15, 0.2) is 11.6 Å². The quantitative estimate of drug-likeness (QED) is 0.430. The molecule has 29 heavy (non-hydrogen) atoms. The zero-order valence-corrected chi connectivity index (χ0v) is 17.7. The van der Waals surface area contributed by atoms with Crippen molar-refractivity contribution < 1.29 is 4.74 Å². The second-order valence-electron chi connectivity index (χ2n) is 6.57. The lowest BCUT2D eigenvalue weighted by atomic mass is 10.2. The summed E-state index contributed by atoms with van der Waals surface area (Å²) in [6.07, 6.45) is 0. The van der Waals surface area contributed by atoms with Gasteiger partial charge in [-0.1, -0.05) is 23.2 Å². The van der Waals surface area contributed by atoms with E-state index in [0.717, 1.165) is 22.8 Å². The maximum atomic E-state index is 6.18. The fourth-order valence-electron chi connectivity index (χ4n) is 3.06. The van der Waals surface area contributed by atoms with E-state index in [1.54, 1.807) is 16.8 Å². The van der Waals surface area contributed by atoms with Gasteiger partial charge in [-0.2, -0.15) is 5.10 Å². The van der Waals surface area contributed by atoms with Gasteiger partial charge in [-0.05, 0) is 63.2 Å². The summed E-state index contributed by atoms with van der Waals surface area (Å²) in [4.78, 5) is 9.52. The van der Waals surface area contributed by atoms with E-state index < -0.39 is 0 Å². The maximum Gasteiger partial charge on any atom is 0.197 e. The summed E-state index contributed by atoms with van der Waals surface area (Å²) in [5, 5.41) is 8.76. The van der Waals surface area contributed by atoms with Crippen LogP contribution in [0, 0.1) is 13.8 Å². The molecule has 0 unspecified atom stereocenters. The summed E-state index contributed by atoms with van der Waals surface area (Å²) in [7, 11) is 0. The summed E-state index contributed by atoms with van der Waals surface area (Å²) in [6.45, 7) is 6.48. The number of halogens is 2. The number of fused-ring (bicyclic) bond motifs is 1. The Hall–Kier alpha value is -2.83. The van der Waals surface area contributed by atoms with Crippen LogP contribution in [0.3, 0.4) is 0 Å². The van der Waals surface area contributed by atoms with Crippen molar-refractivity contribution >= 4 is 45.7 Å². The van der Waals surface area contributed by atoms with Gasteiger partial charge in [-0.3, -0.25) is 0 Å². The molecule has 0 bridgehead atoms. The second-order valence-corrected chi connectivity index (χ2v) is 7.39. The van der Waals surface area contributed by atoms with Crippen LogP contribution in [-0.4, -0.2) is 26.4 Å². The molecule has 0 aliphatic carbocycles. The molecule has 0 saturated carbocycles. The number of hydrogen-bond donors (Lipinski definition) is 1. The van der Waals surface area contributed by atoms with E-state index in [4.69, 9.17) is 37.9 Å². The standard InChI is InChI=1S/C21H19Cl2N5O/c1-4-29-15-7-5-14(6-8-15)24-20-21(28-13(3)9-12(2)27-28)26-19-11-17(23)16(22)10-18(19)25-20/h5-11H,4H2,1-3H3,(H,24,25). The van der Waals surface area contributed by atoms with Crippen LogP contribution < -0.4 is 10.1 Å². The smallest absolute Gasteiger partial charge is 0.197 e. The Kier molecular flexibility index (Phi) is 5.30. The van der Waals surface area contributed by atoms with Gasteiger partial charge >= 0.3 is 0 Å². The first-order chi connectivity index (χ1) is 13.9. The average molecular weight is 428 g/mol. The third-order valence-electron chi connectivity index (χ3n) is 4.33. The molecule has 2 aromatic heterocycles. The minimum Gasteiger partial charge on any atom is -0.494 e. The van der Waals surface area contributed by atoms with Crippen LogP contribution in [0.2, 0.25) is 10.0 Å². The monoisotopic (exact) mass is 427 g/mol. The first-order valence-electron chi connectivity index (χ1n) is 9.15. The highest BCUT2D eigenvalue weighted by Crippen LogP contribution is 2.30. The molecule has 4 aromatic rings. The predicted octanol–water partition coefficient (Wildman–Crippen LogP) is 5.88. The van der Waals surface area contributed by atoms with Gasteiger partial charge in [-0.15, -0.1) is 0 Å². The number of benzene rings is 2. The van der Waals surface area contributed by atoms with Crippen LogP contribution in [-0.2, 0) is 0 Å². The molecule has 6 nitrogen and oxygen atoms in total.